The largest absolute Gasteiger partial charge is 0.355 e. The van der Waals surface area contributed by atoms with Gasteiger partial charge in [-0.3, -0.25) is 4.79 Å². The third kappa shape index (κ3) is 4.02. The number of nitrogens with zero attached hydrogens (tertiary/aromatic N) is 6. The fraction of sp³-hybridized carbons (Fsp3) is 0.500. The first kappa shape index (κ1) is 17.7. The fourth-order valence-corrected chi connectivity index (χ4v) is 3.69. The molecule has 142 valence electrons. The van der Waals surface area contributed by atoms with Crippen LogP contribution in [-0.4, -0.2) is 65.3 Å². The van der Waals surface area contributed by atoms with Crippen LogP contribution in [0.3, 0.4) is 0 Å². The van der Waals surface area contributed by atoms with E-state index in [2.05, 4.69) is 31.9 Å². The van der Waals surface area contributed by atoms with Crippen molar-refractivity contribution in [3.8, 4) is 0 Å². The molecule has 2 aromatic heterocycles. The van der Waals surface area contributed by atoms with Crippen molar-refractivity contribution in [3.63, 3.8) is 0 Å². The molecule has 0 unspecified atom stereocenters. The van der Waals surface area contributed by atoms with Gasteiger partial charge >= 0.3 is 0 Å². The summed E-state index contributed by atoms with van der Waals surface area (Å²) < 4.78 is 0. The zero-order chi connectivity index (χ0) is 18.6. The molecule has 4 rings (SSSR count). The Bertz CT molecular complexity index is 750. The molecule has 0 spiro atoms. The highest BCUT2D eigenvalue weighted by Gasteiger charge is 2.24. The number of aromatic nitrogens is 3. The van der Waals surface area contributed by atoms with Gasteiger partial charge in [0, 0.05) is 45.5 Å². The molecule has 1 amide bonds. The lowest BCUT2D eigenvalue weighted by Gasteiger charge is -2.35. The van der Waals surface area contributed by atoms with Crippen LogP contribution in [0.25, 0.3) is 0 Å². The highest BCUT2D eigenvalue weighted by atomic mass is 16.2. The summed E-state index contributed by atoms with van der Waals surface area (Å²) in [5, 5.41) is 8.53. The number of amides is 1. The Morgan fingerprint density at radius 2 is 1.63 bits per heavy atom. The van der Waals surface area contributed by atoms with Gasteiger partial charge in [-0.2, -0.15) is 0 Å². The predicted molar refractivity (Wildman–Crippen MR) is 105 cm³/mol. The first-order valence-corrected chi connectivity index (χ1v) is 9.74. The molecule has 0 aromatic carbocycles. The van der Waals surface area contributed by atoms with E-state index in [-0.39, 0.29) is 5.91 Å². The smallest absolute Gasteiger partial charge is 0.274 e. The second kappa shape index (κ2) is 7.90. The molecule has 0 bridgehead atoms. The third-order valence-electron chi connectivity index (χ3n) is 5.52. The molecule has 2 aliphatic rings. The van der Waals surface area contributed by atoms with Crippen LogP contribution in [0.5, 0.6) is 0 Å². The maximum Gasteiger partial charge on any atom is 0.274 e. The van der Waals surface area contributed by atoms with Crippen LogP contribution in [0.15, 0.2) is 36.5 Å². The summed E-state index contributed by atoms with van der Waals surface area (Å²) in [6, 6.07) is 9.65. The summed E-state index contributed by atoms with van der Waals surface area (Å²) in [4.78, 5) is 23.4. The Labute approximate surface area is 160 Å². The first-order chi connectivity index (χ1) is 13.2. The Kier molecular flexibility index (Phi) is 5.18. The van der Waals surface area contributed by atoms with Crippen LogP contribution in [0.4, 0.5) is 11.6 Å². The van der Waals surface area contributed by atoms with Crippen LogP contribution in [0, 0.1) is 5.92 Å². The molecular formula is C20H26N6O. The van der Waals surface area contributed by atoms with Crippen molar-refractivity contribution in [2.45, 2.75) is 19.8 Å². The predicted octanol–water partition coefficient (Wildman–Crippen LogP) is 2.07. The second-order valence-corrected chi connectivity index (χ2v) is 7.41. The van der Waals surface area contributed by atoms with Crippen LogP contribution in [-0.2, 0) is 0 Å². The molecule has 0 saturated carbocycles. The molecular weight excluding hydrogens is 340 g/mol. The van der Waals surface area contributed by atoms with Crippen molar-refractivity contribution in [1.29, 1.82) is 0 Å². The van der Waals surface area contributed by atoms with Gasteiger partial charge in [0.15, 0.2) is 11.5 Å². The van der Waals surface area contributed by atoms with Gasteiger partial charge in [0.1, 0.15) is 5.82 Å². The summed E-state index contributed by atoms with van der Waals surface area (Å²) in [6.45, 7) is 7.21. The summed E-state index contributed by atoms with van der Waals surface area (Å²) in [7, 11) is 0. The van der Waals surface area contributed by atoms with E-state index in [1.165, 1.54) is 12.8 Å². The van der Waals surface area contributed by atoms with Crippen molar-refractivity contribution >= 4 is 17.5 Å². The first-order valence-electron chi connectivity index (χ1n) is 9.74. The van der Waals surface area contributed by atoms with E-state index in [4.69, 9.17) is 0 Å². The van der Waals surface area contributed by atoms with E-state index in [9.17, 15) is 4.79 Å². The normalized spacial score (nSPS) is 18.6. The second-order valence-electron chi connectivity index (χ2n) is 7.41. The highest BCUT2D eigenvalue weighted by Crippen LogP contribution is 2.21. The molecule has 7 nitrogen and oxygen atoms in total. The van der Waals surface area contributed by atoms with Crippen molar-refractivity contribution in [2.24, 2.45) is 5.92 Å². The van der Waals surface area contributed by atoms with Gasteiger partial charge in [0.05, 0.1) is 0 Å². The lowest BCUT2D eigenvalue weighted by Crippen LogP contribution is -2.49. The van der Waals surface area contributed by atoms with Crippen molar-refractivity contribution in [2.75, 3.05) is 49.1 Å². The monoisotopic (exact) mass is 366 g/mol. The Morgan fingerprint density at radius 3 is 2.26 bits per heavy atom. The van der Waals surface area contributed by atoms with E-state index >= 15 is 0 Å². The summed E-state index contributed by atoms with van der Waals surface area (Å²) in [6.07, 6.45) is 4.17. The Morgan fingerprint density at radius 1 is 0.889 bits per heavy atom. The molecule has 2 aliphatic heterocycles. The summed E-state index contributed by atoms with van der Waals surface area (Å²) in [5.74, 6) is 2.57. The number of anilines is 2. The minimum absolute atomic E-state index is 0.0398. The molecule has 2 aromatic rings. The number of pyridine rings is 1. The SMILES string of the molecule is CC1CCN(c2ccc(C(=O)N3CCN(c4ccccn4)CC3)nn2)CC1. The molecule has 4 heterocycles. The maximum absolute atomic E-state index is 12.7. The maximum atomic E-state index is 12.7. The molecule has 27 heavy (non-hydrogen) atoms. The van der Waals surface area contributed by atoms with Gasteiger partial charge in [-0.25, -0.2) is 4.98 Å². The fourth-order valence-electron chi connectivity index (χ4n) is 3.69. The minimum atomic E-state index is -0.0398. The van der Waals surface area contributed by atoms with E-state index in [1.54, 1.807) is 6.20 Å². The number of hydrogen-bond acceptors (Lipinski definition) is 6. The van der Waals surface area contributed by atoms with Gasteiger partial charge in [0.25, 0.3) is 5.91 Å². The van der Waals surface area contributed by atoms with E-state index < -0.39 is 0 Å². The van der Waals surface area contributed by atoms with Gasteiger partial charge in [-0.15, -0.1) is 10.2 Å². The minimum Gasteiger partial charge on any atom is -0.355 e. The number of rotatable bonds is 3. The van der Waals surface area contributed by atoms with Crippen molar-refractivity contribution in [1.82, 2.24) is 20.1 Å². The van der Waals surface area contributed by atoms with Gasteiger partial charge in [-0.1, -0.05) is 13.0 Å². The van der Waals surface area contributed by atoms with Gasteiger partial charge in [-0.05, 0) is 43.0 Å². The average molecular weight is 366 g/mol. The van der Waals surface area contributed by atoms with Crippen molar-refractivity contribution in [3.05, 3.63) is 42.2 Å². The quantitative estimate of drug-likeness (QED) is 0.829. The van der Waals surface area contributed by atoms with Crippen molar-refractivity contribution < 1.29 is 4.79 Å². The number of piperazine rings is 1. The molecule has 2 saturated heterocycles. The highest BCUT2D eigenvalue weighted by molar-refractivity contribution is 5.92. The number of carbonyl (C=O) groups is 1. The van der Waals surface area contributed by atoms with E-state index in [0.29, 0.717) is 18.8 Å². The summed E-state index contributed by atoms with van der Waals surface area (Å²) >= 11 is 0. The number of piperidine rings is 1. The topological polar surface area (TPSA) is 65.5 Å². The lowest BCUT2D eigenvalue weighted by molar-refractivity contribution is 0.0739. The number of hydrogen-bond donors (Lipinski definition) is 0. The molecule has 2 fully saturated rings. The molecule has 0 atom stereocenters. The lowest BCUT2D eigenvalue weighted by atomic mass is 9.99. The average Bonchev–Trinajstić information content (AvgIpc) is 2.75. The van der Waals surface area contributed by atoms with Crippen LogP contribution >= 0.6 is 0 Å². The van der Waals surface area contributed by atoms with Gasteiger partial charge in [0.2, 0.25) is 0 Å². The van der Waals surface area contributed by atoms with E-state index in [1.807, 2.05) is 35.2 Å². The summed E-state index contributed by atoms with van der Waals surface area (Å²) in [5.41, 5.74) is 0.426. The zero-order valence-corrected chi connectivity index (χ0v) is 15.8. The van der Waals surface area contributed by atoms with Gasteiger partial charge < -0.3 is 14.7 Å². The molecule has 0 N–H and O–H groups in total. The van der Waals surface area contributed by atoms with Crippen LogP contribution in [0.2, 0.25) is 0 Å². The number of carbonyl (C=O) groups excluding carboxylic acids is 1. The molecule has 0 radical (unpaired) electrons. The third-order valence-corrected chi connectivity index (χ3v) is 5.52. The van der Waals surface area contributed by atoms with Crippen LogP contribution < -0.4 is 9.80 Å². The zero-order valence-electron chi connectivity index (χ0n) is 15.8. The molecule has 0 aliphatic carbocycles. The van der Waals surface area contributed by atoms with E-state index in [0.717, 1.165) is 43.7 Å². The Balaban J connectivity index is 1.35. The Hall–Kier alpha value is -2.70. The van der Waals surface area contributed by atoms with Crippen LogP contribution in [0.1, 0.15) is 30.3 Å². The molecule has 7 heteroatoms. The standard InChI is InChI=1S/C20H26N6O/c1-16-7-10-24(11-8-16)19-6-5-17(22-23-19)20(27)26-14-12-25(13-15-26)18-4-2-3-9-21-18/h2-6,9,16H,7-8,10-15H2,1H3.